The Hall–Kier alpha value is -2.68. The average Bonchev–Trinajstić information content (AvgIpc) is 3.18. The highest BCUT2D eigenvalue weighted by Crippen LogP contribution is 2.31. The van der Waals surface area contributed by atoms with Crippen molar-refractivity contribution in [3.63, 3.8) is 0 Å². The summed E-state index contributed by atoms with van der Waals surface area (Å²) in [6, 6.07) is 8.28. The minimum atomic E-state index is -4.76. The minimum Gasteiger partial charge on any atom is -0.352 e. The van der Waals surface area contributed by atoms with E-state index in [1.54, 1.807) is 30.3 Å². The van der Waals surface area contributed by atoms with Gasteiger partial charge < -0.3 is 10.6 Å². The molecule has 1 aliphatic heterocycles. The fourth-order valence-corrected chi connectivity index (χ4v) is 4.18. The van der Waals surface area contributed by atoms with E-state index < -0.39 is 23.3 Å². The van der Waals surface area contributed by atoms with Crippen molar-refractivity contribution in [2.45, 2.75) is 32.9 Å². The van der Waals surface area contributed by atoms with Gasteiger partial charge in [-0.05, 0) is 43.5 Å². The summed E-state index contributed by atoms with van der Waals surface area (Å²) in [4.78, 5) is 25.0. The van der Waals surface area contributed by atoms with Gasteiger partial charge in [-0.3, -0.25) is 9.59 Å². The number of ketones is 1. The lowest BCUT2D eigenvalue weighted by Crippen LogP contribution is -2.44. The third-order valence-corrected chi connectivity index (χ3v) is 5.66. The van der Waals surface area contributed by atoms with Crippen LogP contribution in [0.5, 0.6) is 0 Å². The zero-order valence-corrected chi connectivity index (χ0v) is 17.6. The van der Waals surface area contributed by atoms with E-state index in [0.717, 1.165) is 24.0 Å². The summed E-state index contributed by atoms with van der Waals surface area (Å²) < 4.78 is 41.3. The Morgan fingerprint density at radius 3 is 2.42 bits per heavy atom. The number of amides is 1. The second kappa shape index (κ2) is 9.64. The number of benzene rings is 1. The first-order valence-electron chi connectivity index (χ1n) is 10.4. The number of carbonyl (C=O) groups is 2. The maximum Gasteiger partial charge on any atom is 0.435 e. The van der Waals surface area contributed by atoms with Crippen molar-refractivity contribution in [1.29, 1.82) is 0 Å². The number of hydrogen-bond acceptors (Lipinski definition) is 4. The van der Waals surface area contributed by atoms with E-state index in [1.807, 2.05) is 13.8 Å². The van der Waals surface area contributed by atoms with Gasteiger partial charge in [-0.1, -0.05) is 32.0 Å². The van der Waals surface area contributed by atoms with Gasteiger partial charge in [0, 0.05) is 25.1 Å². The largest absolute Gasteiger partial charge is 0.435 e. The fraction of sp³-hybridized carbons (Fsp3) is 0.500. The number of nitrogens with zero attached hydrogens (tertiary/aromatic N) is 2. The number of alkyl halides is 3. The standard InChI is InChI=1S/C22H27F3N4O2/c1-14-11-26-12-15(2)19(14)18(30)9-6-10-27-21(31)17-13-29(16-7-4-3-5-8-16)28-20(17)22(23,24)25/h3-5,7-8,13-15,19,26H,6,9-12H2,1-2H3,(H,27,31). The number of hydrogen-bond donors (Lipinski definition) is 2. The van der Waals surface area contributed by atoms with Gasteiger partial charge in [0.15, 0.2) is 5.69 Å². The molecule has 2 unspecified atom stereocenters. The molecule has 6 nitrogen and oxygen atoms in total. The van der Waals surface area contributed by atoms with Crippen LogP contribution in [0.25, 0.3) is 5.69 Å². The molecule has 1 aliphatic rings. The van der Waals surface area contributed by atoms with Crippen molar-refractivity contribution >= 4 is 11.7 Å². The molecule has 3 rings (SSSR count). The van der Waals surface area contributed by atoms with Gasteiger partial charge in [0.05, 0.1) is 11.3 Å². The Labute approximate surface area is 179 Å². The molecule has 0 radical (unpaired) electrons. The van der Waals surface area contributed by atoms with E-state index in [9.17, 15) is 22.8 Å². The molecule has 9 heteroatoms. The Balaban J connectivity index is 1.61. The number of rotatable bonds is 7. The number of halogens is 3. The third-order valence-electron chi connectivity index (χ3n) is 5.66. The van der Waals surface area contributed by atoms with Crippen molar-refractivity contribution in [2.75, 3.05) is 19.6 Å². The fourth-order valence-electron chi connectivity index (χ4n) is 4.18. The van der Waals surface area contributed by atoms with Crippen LogP contribution in [0.4, 0.5) is 13.2 Å². The van der Waals surface area contributed by atoms with Gasteiger partial charge >= 0.3 is 6.18 Å². The van der Waals surface area contributed by atoms with Gasteiger partial charge in [-0.15, -0.1) is 0 Å². The lowest BCUT2D eigenvalue weighted by Gasteiger charge is -2.34. The lowest BCUT2D eigenvalue weighted by atomic mass is 9.76. The number of para-hydroxylation sites is 1. The maximum atomic E-state index is 13.4. The van der Waals surface area contributed by atoms with E-state index in [1.165, 1.54) is 0 Å². The van der Waals surface area contributed by atoms with Gasteiger partial charge in [0.1, 0.15) is 5.78 Å². The molecule has 1 amide bonds. The third kappa shape index (κ3) is 5.52. The number of nitrogens with one attached hydrogen (secondary N) is 2. The number of aromatic nitrogens is 2. The van der Waals surface area contributed by atoms with Gasteiger partial charge in [-0.2, -0.15) is 18.3 Å². The molecule has 0 bridgehead atoms. The summed E-state index contributed by atoms with van der Waals surface area (Å²) >= 11 is 0. The van der Waals surface area contributed by atoms with Crippen molar-refractivity contribution in [1.82, 2.24) is 20.4 Å². The normalized spacial score (nSPS) is 21.6. The first-order valence-corrected chi connectivity index (χ1v) is 10.4. The zero-order valence-electron chi connectivity index (χ0n) is 17.6. The zero-order chi connectivity index (χ0) is 22.6. The highest BCUT2D eigenvalue weighted by atomic mass is 19.4. The minimum absolute atomic E-state index is 0.0297. The van der Waals surface area contributed by atoms with Crippen LogP contribution in [0, 0.1) is 17.8 Å². The van der Waals surface area contributed by atoms with E-state index in [-0.39, 0.29) is 36.5 Å². The molecule has 168 valence electrons. The van der Waals surface area contributed by atoms with Crippen molar-refractivity contribution in [2.24, 2.45) is 17.8 Å². The summed E-state index contributed by atoms with van der Waals surface area (Å²) in [5.41, 5.74) is -1.35. The number of piperidine rings is 1. The van der Waals surface area contributed by atoms with Gasteiger partial charge in [-0.25, -0.2) is 4.68 Å². The molecular formula is C22H27F3N4O2. The summed E-state index contributed by atoms with van der Waals surface area (Å²) in [5, 5.41) is 9.37. The second-order valence-electron chi connectivity index (χ2n) is 8.13. The summed E-state index contributed by atoms with van der Waals surface area (Å²) in [7, 11) is 0. The van der Waals surface area contributed by atoms with E-state index in [4.69, 9.17) is 0 Å². The molecule has 1 aromatic heterocycles. The predicted molar refractivity (Wildman–Crippen MR) is 110 cm³/mol. The van der Waals surface area contributed by atoms with Gasteiger partial charge in [0.2, 0.25) is 0 Å². The van der Waals surface area contributed by atoms with Crippen molar-refractivity contribution < 1.29 is 22.8 Å². The Bertz CT molecular complexity index is 901. The molecule has 1 fully saturated rings. The Morgan fingerprint density at radius 2 is 1.81 bits per heavy atom. The molecule has 0 saturated carbocycles. The topological polar surface area (TPSA) is 76.0 Å². The molecule has 1 aromatic carbocycles. The van der Waals surface area contributed by atoms with Crippen LogP contribution in [0.3, 0.4) is 0 Å². The molecule has 2 atom stereocenters. The summed E-state index contributed by atoms with van der Waals surface area (Å²) in [6.07, 6.45) is -3.02. The first-order chi connectivity index (χ1) is 14.7. The van der Waals surface area contributed by atoms with Crippen LogP contribution in [0.2, 0.25) is 0 Å². The number of carbonyl (C=O) groups excluding carboxylic acids is 2. The van der Waals surface area contributed by atoms with E-state index in [2.05, 4.69) is 15.7 Å². The van der Waals surface area contributed by atoms with Crippen molar-refractivity contribution in [3.8, 4) is 5.69 Å². The highest BCUT2D eigenvalue weighted by molar-refractivity contribution is 5.95. The van der Waals surface area contributed by atoms with Crippen LogP contribution in [0.1, 0.15) is 42.7 Å². The SMILES string of the molecule is CC1CNCC(C)C1C(=O)CCCNC(=O)c1cn(-c2ccccc2)nc1C(F)(F)F. The molecule has 31 heavy (non-hydrogen) atoms. The first kappa shape index (κ1) is 23.0. The second-order valence-corrected chi connectivity index (χ2v) is 8.13. The molecular weight excluding hydrogens is 409 g/mol. The predicted octanol–water partition coefficient (Wildman–Crippen LogP) is 3.46. The molecule has 2 aromatic rings. The molecule has 0 spiro atoms. The van der Waals surface area contributed by atoms with Crippen molar-refractivity contribution in [3.05, 3.63) is 47.8 Å². The molecule has 1 saturated heterocycles. The number of Topliss-reactive ketones (excluding diaryl/α,β-unsaturated/α-hetero) is 1. The Kier molecular flexibility index (Phi) is 7.15. The van der Waals surface area contributed by atoms with E-state index in [0.29, 0.717) is 12.1 Å². The van der Waals surface area contributed by atoms with E-state index >= 15 is 0 Å². The molecule has 2 N–H and O–H groups in total. The smallest absolute Gasteiger partial charge is 0.352 e. The quantitative estimate of drug-likeness (QED) is 0.652. The molecule has 2 heterocycles. The van der Waals surface area contributed by atoms with Crippen LogP contribution in [0.15, 0.2) is 36.5 Å². The highest BCUT2D eigenvalue weighted by Gasteiger charge is 2.39. The summed E-state index contributed by atoms with van der Waals surface area (Å²) in [5.74, 6) is -0.264. The maximum absolute atomic E-state index is 13.4. The van der Waals surface area contributed by atoms with Crippen LogP contribution in [-0.4, -0.2) is 41.1 Å². The Morgan fingerprint density at radius 1 is 1.16 bits per heavy atom. The van der Waals surface area contributed by atoms with Crippen LogP contribution >= 0.6 is 0 Å². The average molecular weight is 436 g/mol. The monoisotopic (exact) mass is 436 g/mol. The lowest BCUT2D eigenvalue weighted by molar-refractivity contribution is -0.141. The summed E-state index contributed by atoms with van der Waals surface area (Å²) in [6.45, 7) is 5.78. The molecule has 0 aliphatic carbocycles. The van der Waals surface area contributed by atoms with Gasteiger partial charge in [0.25, 0.3) is 5.91 Å². The van der Waals surface area contributed by atoms with Crippen LogP contribution < -0.4 is 10.6 Å². The van der Waals surface area contributed by atoms with Crippen LogP contribution in [-0.2, 0) is 11.0 Å².